The Morgan fingerprint density at radius 3 is 2.81 bits per heavy atom. The molecule has 5 heteroatoms. The molecule has 0 heterocycles. The van der Waals surface area contributed by atoms with Gasteiger partial charge < -0.3 is 14.8 Å². The lowest BCUT2D eigenvalue weighted by Crippen LogP contribution is -2.29. The number of rotatable bonds is 8. The molecule has 2 rings (SSSR count). The van der Waals surface area contributed by atoms with E-state index in [2.05, 4.69) is 21.2 Å². The minimum Gasteiger partial charge on any atom is -0.478 e. The zero-order valence-electron chi connectivity index (χ0n) is 12.5. The molecule has 1 aromatic rings. The number of ether oxygens (including phenoxy) is 2. The van der Waals surface area contributed by atoms with Gasteiger partial charge in [0.25, 0.3) is 0 Å². The van der Waals surface area contributed by atoms with Gasteiger partial charge in [0.1, 0.15) is 5.75 Å². The SMILES string of the molecule is CCOC(=O)C(CC)Oc1ccc(Br)cc1CNC1CC1. The first-order valence-corrected chi connectivity index (χ1v) is 8.28. The third kappa shape index (κ3) is 5.00. The van der Waals surface area contributed by atoms with Crippen molar-refractivity contribution in [2.24, 2.45) is 0 Å². The van der Waals surface area contributed by atoms with E-state index >= 15 is 0 Å². The normalized spacial score (nSPS) is 15.6. The second-order valence-electron chi connectivity index (χ2n) is 5.17. The van der Waals surface area contributed by atoms with Crippen molar-refractivity contribution in [3.8, 4) is 5.75 Å². The van der Waals surface area contributed by atoms with Crippen LogP contribution in [-0.4, -0.2) is 24.7 Å². The molecule has 0 saturated heterocycles. The molecule has 1 saturated carbocycles. The molecule has 0 aromatic heterocycles. The second-order valence-corrected chi connectivity index (χ2v) is 6.09. The van der Waals surface area contributed by atoms with Crippen LogP contribution in [0.1, 0.15) is 38.7 Å². The quantitative estimate of drug-likeness (QED) is 0.725. The number of esters is 1. The van der Waals surface area contributed by atoms with Gasteiger partial charge in [-0.05, 0) is 44.4 Å². The van der Waals surface area contributed by atoms with Crippen LogP contribution >= 0.6 is 15.9 Å². The van der Waals surface area contributed by atoms with Crippen LogP contribution in [0.3, 0.4) is 0 Å². The molecule has 1 aromatic carbocycles. The van der Waals surface area contributed by atoms with Crippen molar-refractivity contribution in [2.45, 2.75) is 51.8 Å². The van der Waals surface area contributed by atoms with E-state index < -0.39 is 6.10 Å². The molecule has 116 valence electrons. The molecule has 1 N–H and O–H groups in total. The summed E-state index contributed by atoms with van der Waals surface area (Å²) in [5, 5.41) is 3.47. The number of benzene rings is 1. The maximum atomic E-state index is 11.9. The van der Waals surface area contributed by atoms with Crippen molar-refractivity contribution in [1.29, 1.82) is 0 Å². The number of hydrogen-bond acceptors (Lipinski definition) is 4. The summed E-state index contributed by atoms with van der Waals surface area (Å²) in [5.74, 6) is 0.440. The molecule has 0 bridgehead atoms. The highest BCUT2D eigenvalue weighted by Gasteiger charge is 2.23. The summed E-state index contributed by atoms with van der Waals surface area (Å²) < 4.78 is 11.9. The van der Waals surface area contributed by atoms with E-state index in [0.29, 0.717) is 19.1 Å². The minimum absolute atomic E-state index is 0.302. The van der Waals surface area contributed by atoms with Crippen LogP contribution < -0.4 is 10.1 Å². The topological polar surface area (TPSA) is 47.6 Å². The van der Waals surface area contributed by atoms with Gasteiger partial charge in [-0.1, -0.05) is 22.9 Å². The first-order chi connectivity index (χ1) is 10.1. The predicted molar refractivity (Wildman–Crippen MR) is 85.3 cm³/mol. The van der Waals surface area contributed by atoms with E-state index in [-0.39, 0.29) is 5.97 Å². The van der Waals surface area contributed by atoms with Crippen molar-refractivity contribution in [2.75, 3.05) is 6.61 Å². The van der Waals surface area contributed by atoms with Crippen LogP contribution in [0.2, 0.25) is 0 Å². The number of hydrogen-bond donors (Lipinski definition) is 1. The highest BCUT2D eigenvalue weighted by molar-refractivity contribution is 9.10. The van der Waals surface area contributed by atoms with E-state index in [4.69, 9.17) is 9.47 Å². The average Bonchev–Trinajstić information content (AvgIpc) is 3.28. The van der Waals surface area contributed by atoms with Crippen LogP contribution in [-0.2, 0) is 16.1 Å². The molecule has 1 fully saturated rings. The first-order valence-electron chi connectivity index (χ1n) is 7.49. The van der Waals surface area contributed by atoms with Crippen molar-refractivity contribution in [1.82, 2.24) is 5.32 Å². The third-order valence-electron chi connectivity index (χ3n) is 3.37. The highest BCUT2D eigenvalue weighted by Crippen LogP contribution is 2.27. The smallest absolute Gasteiger partial charge is 0.347 e. The molecule has 1 aliphatic rings. The van der Waals surface area contributed by atoms with Crippen molar-refractivity contribution >= 4 is 21.9 Å². The Bertz CT molecular complexity index is 488. The van der Waals surface area contributed by atoms with Crippen LogP contribution in [0.5, 0.6) is 5.75 Å². The van der Waals surface area contributed by atoms with Gasteiger partial charge in [-0.15, -0.1) is 0 Å². The molecule has 0 radical (unpaired) electrons. The average molecular weight is 356 g/mol. The van der Waals surface area contributed by atoms with Crippen molar-refractivity contribution in [3.05, 3.63) is 28.2 Å². The number of halogens is 1. The predicted octanol–water partition coefficient (Wildman–Crippen LogP) is 3.42. The summed E-state index contributed by atoms with van der Waals surface area (Å²) in [4.78, 5) is 11.9. The lowest BCUT2D eigenvalue weighted by Gasteiger charge is -2.19. The van der Waals surface area contributed by atoms with Gasteiger partial charge in [0.05, 0.1) is 6.61 Å². The van der Waals surface area contributed by atoms with Gasteiger partial charge in [-0.25, -0.2) is 4.79 Å². The second kappa shape index (κ2) is 7.80. The van der Waals surface area contributed by atoms with E-state index in [9.17, 15) is 4.79 Å². The summed E-state index contributed by atoms with van der Waals surface area (Å²) in [6.07, 6.45) is 2.52. The fourth-order valence-corrected chi connectivity index (χ4v) is 2.44. The number of carbonyl (C=O) groups is 1. The van der Waals surface area contributed by atoms with E-state index in [1.54, 1.807) is 6.92 Å². The number of carbonyl (C=O) groups excluding carboxylic acids is 1. The third-order valence-corrected chi connectivity index (χ3v) is 3.86. The van der Waals surface area contributed by atoms with Crippen LogP contribution in [0.25, 0.3) is 0 Å². The molecule has 0 amide bonds. The van der Waals surface area contributed by atoms with Gasteiger partial charge in [0, 0.05) is 22.6 Å². The summed E-state index contributed by atoms with van der Waals surface area (Å²) in [7, 11) is 0. The maximum absolute atomic E-state index is 11.9. The molecular weight excluding hydrogens is 334 g/mol. The molecule has 0 spiro atoms. The Hall–Kier alpha value is -1.07. The standard InChI is InChI=1S/C16H22BrNO3/c1-3-14(16(19)20-4-2)21-15-8-5-12(17)9-11(15)10-18-13-6-7-13/h5,8-9,13-14,18H,3-4,6-7,10H2,1-2H3. The van der Waals surface area contributed by atoms with Crippen LogP contribution in [0.15, 0.2) is 22.7 Å². The molecule has 21 heavy (non-hydrogen) atoms. The summed E-state index contributed by atoms with van der Waals surface area (Å²) in [6, 6.07) is 6.48. The van der Waals surface area contributed by atoms with Gasteiger partial charge in [0.15, 0.2) is 6.10 Å². The molecule has 0 aliphatic heterocycles. The molecule has 4 nitrogen and oxygen atoms in total. The Balaban J connectivity index is 2.07. The zero-order chi connectivity index (χ0) is 15.2. The fourth-order valence-electron chi connectivity index (χ4n) is 2.03. The fraction of sp³-hybridized carbons (Fsp3) is 0.562. The van der Waals surface area contributed by atoms with Crippen LogP contribution in [0.4, 0.5) is 0 Å². The molecular formula is C16H22BrNO3. The van der Waals surface area contributed by atoms with E-state index in [1.807, 2.05) is 25.1 Å². The Labute approximate surface area is 134 Å². The minimum atomic E-state index is -0.550. The summed E-state index contributed by atoms with van der Waals surface area (Å²) in [5.41, 5.74) is 1.05. The number of nitrogens with one attached hydrogen (secondary N) is 1. The van der Waals surface area contributed by atoms with E-state index in [0.717, 1.165) is 22.3 Å². The summed E-state index contributed by atoms with van der Waals surface area (Å²) >= 11 is 3.48. The lowest BCUT2D eigenvalue weighted by atomic mass is 10.2. The van der Waals surface area contributed by atoms with Crippen molar-refractivity contribution < 1.29 is 14.3 Å². The monoisotopic (exact) mass is 355 g/mol. The van der Waals surface area contributed by atoms with Gasteiger partial charge >= 0.3 is 5.97 Å². The van der Waals surface area contributed by atoms with E-state index in [1.165, 1.54) is 12.8 Å². The van der Waals surface area contributed by atoms with Crippen LogP contribution in [0, 0.1) is 0 Å². The Morgan fingerprint density at radius 1 is 1.43 bits per heavy atom. The summed E-state index contributed by atoms with van der Waals surface area (Å²) in [6.45, 7) is 4.84. The highest BCUT2D eigenvalue weighted by atomic mass is 79.9. The molecule has 1 atom stereocenters. The van der Waals surface area contributed by atoms with Crippen molar-refractivity contribution in [3.63, 3.8) is 0 Å². The largest absolute Gasteiger partial charge is 0.478 e. The Morgan fingerprint density at radius 2 is 2.19 bits per heavy atom. The van der Waals surface area contributed by atoms with Gasteiger partial charge in [-0.2, -0.15) is 0 Å². The maximum Gasteiger partial charge on any atom is 0.347 e. The lowest BCUT2D eigenvalue weighted by molar-refractivity contribution is -0.151. The van der Waals surface area contributed by atoms with Gasteiger partial charge in [-0.3, -0.25) is 0 Å². The first kappa shape index (κ1) is 16.3. The van der Waals surface area contributed by atoms with Gasteiger partial charge in [0.2, 0.25) is 0 Å². The zero-order valence-corrected chi connectivity index (χ0v) is 14.1. The Kier molecular flexibility index (Phi) is 6.06. The molecule has 1 unspecified atom stereocenters. The molecule has 1 aliphatic carbocycles.